The van der Waals surface area contributed by atoms with Gasteiger partial charge in [-0.1, -0.05) is 15.9 Å². The molecule has 18 heavy (non-hydrogen) atoms. The lowest BCUT2D eigenvalue weighted by atomic mass is 10.2. The Bertz CT molecular complexity index is 415. The number of hydrogen-bond donors (Lipinski definition) is 2. The van der Waals surface area contributed by atoms with Gasteiger partial charge in [-0.3, -0.25) is 0 Å². The van der Waals surface area contributed by atoms with Crippen LogP contribution in [0.4, 0.5) is 14.5 Å². The Morgan fingerprint density at radius 1 is 1.44 bits per heavy atom. The third kappa shape index (κ3) is 5.42. The Morgan fingerprint density at radius 3 is 2.78 bits per heavy atom. The van der Waals surface area contributed by atoms with Crippen LogP contribution in [0.5, 0.6) is 0 Å². The Kier molecular flexibility index (Phi) is 6.00. The number of anilines is 1. The van der Waals surface area contributed by atoms with Crippen LogP contribution in [0.15, 0.2) is 22.7 Å². The van der Waals surface area contributed by atoms with Gasteiger partial charge in [0.05, 0.1) is 12.2 Å². The van der Waals surface area contributed by atoms with Crippen LogP contribution in [-0.2, 0) is 4.74 Å². The average molecular weight is 324 g/mol. The Hall–Kier alpha value is -1.21. The summed E-state index contributed by atoms with van der Waals surface area (Å²) in [5.41, 5.74) is 0.725. The fourth-order valence-corrected chi connectivity index (χ4v) is 1.75. The fraction of sp³-hybridized carbons (Fsp3) is 0.364. The first kappa shape index (κ1) is 14.8. The van der Waals surface area contributed by atoms with Crippen molar-refractivity contribution >= 4 is 27.6 Å². The second-order valence-electron chi connectivity index (χ2n) is 3.43. The largest absolute Gasteiger partial charge is 0.478 e. The van der Waals surface area contributed by atoms with Gasteiger partial charge in [-0.05, 0) is 18.2 Å². The molecule has 0 aromatic heterocycles. The molecular weight excluding hydrogens is 312 g/mol. The molecule has 0 fully saturated rings. The number of carboxylic acid groups (broad SMARTS) is 1. The Balaban J connectivity index is 2.44. The summed E-state index contributed by atoms with van der Waals surface area (Å²) in [5, 5.41) is 11.7. The van der Waals surface area contributed by atoms with Crippen LogP contribution in [0.2, 0.25) is 0 Å². The molecule has 0 aliphatic rings. The van der Waals surface area contributed by atoms with Crippen LogP contribution in [0.3, 0.4) is 0 Å². The summed E-state index contributed by atoms with van der Waals surface area (Å²) in [6.45, 7) is -0.151. The van der Waals surface area contributed by atoms with Gasteiger partial charge in [0.2, 0.25) is 0 Å². The molecule has 100 valence electrons. The highest BCUT2D eigenvalue weighted by Gasteiger charge is 2.06. The lowest BCUT2D eigenvalue weighted by Crippen LogP contribution is -2.13. The topological polar surface area (TPSA) is 58.6 Å². The van der Waals surface area contributed by atoms with Gasteiger partial charge in [-0.2, -0.15) is 0 Å². The van der Waals surface area contributed by atoms with Crippen LogP contribution in [-0.4, -0.2) is 37.3 Å². The highest BCUT2D eigenvalue weighted by molar-refractivity contribution is 9.10. The van der Waals surface area contributed by atoms with Crippen molar-refractivity contribution in [2.24, 2.45) is 0 Å². The number of halogens is 3. The molecule has 0 atom stereocenters. The first-order valence-corrected chi connectivity index (χ1v) is 5.92. The number of benzene rings is 1. The third-order valence-electron chi connectivity index (χ3n) is 1.96. The minimum atomic E-state index is -2.48. The molecule has 0 heterocycles. The summed E-state index contributed by atoms with van der Waals surface area (Å²) in [6.07, 6.45) is -2.48. The van der Waals surface area contributed by atoms with Crippen LogP contribution in [0, 0.1) is 0 Å². The number of alkyl halides is 2. The van der Waals surface area contributed by atoms with E-state index < -0.39 is 19.0 Å². The second kappa shape index (κ2) is 7.27. The average Bonchev–Trinajstić information content (AvgIpc) is 2.27. The molecule has 0 bridgehead atoms. The van der Waals surface area contributed by atoms with E-state index in [9.17, 15) is 13.6 Å². The molecule has 0 unspecified atom stereocenters. The third-order valence-corrected chi connectivity index (χ3v) is 2.42. The SMILES string of the molecule is O=C(O)c1cc(Br)cc(NCCOCC(F)F)c1. The number of carbonyl (C=O) groups is 1. The van der Waals surface area contributed by atoms with Crippen molar-refractivity contribution in [3.8, 4) is 0 Å². The summed E-state index contributed by atoms with van der Waals surface area (Å²) in [5.74, 6) is -1.03. The van der Waals surface area contributed by atoms with E-state index in [1.54, 1.807) is 6.07 Å². The van der Waals surface area contributed by atoms with Gasteiger partial charge in [0.25, 0.3) is 6.43 Å². The second-order valence-corrected chi connectivity index (χ2v) is 4.34. The normalized spacial score (nSPS) is 10.7. The van der Waals surface area contributed by atoms with E-state index in [-0.39, 0.29) is 12.2 Å². The fourth-order valence-electron chi connectivity index (χ4n) is 1.26. The first-order valence-electron chi connectivity index (χ1n) is 5.12. The number of aromatic carboxylic acids is 1. The van der Waals surface area contributed by atoms with E-state index in [1.165, 1.54) is 12.1 Å². The summed E-state index contributed by atoms with van der Waals surface area (Å²) in [6, 6.07) is 4.63. The maximum Gasteiger partial charge on any atom is 0.335 e. The molecule has 0 radical (unpaired) electrons. The molecule has 0 aliphatic heterocycles. The van der Waals surface area contributed by atoms with Crippen molar-refractivity contribution in [2.75, 3.05) is 25.1 Å². The summed E-state index contributed by atoms with van der Waals surface area (Å²) < 4.78 is 28.8. The molecule has 4 nitrogen and oxygen atoms in total. The summed E-state index contributed by atoms with van der Waals surface area (Å²) >= 11 is 3.19. The van der Waals surface area contributed by atoms with Gasteiger partial charge in [0.15, 0.2) is 0 Å². The van der Waals surface area contributed by atoms with Crippen molar-refractivity contribution in [3.05, 3.63) is 28.2 Å². The quantitative estimate of drug-likeness (QED) is 0.757. The predicted octanol–water partition coefficient (Wildman–Crippen LogP) is 2.84. The minimum absolute atomic E-state index is 0.124. The number of carboxylic acids is 1. The molecule has 0 spiro atoms. The Labute approximate surface area is 111 Å². The molecular formula is C11H12BrF2NO3. The number of nitrogens with one attached hydrogen (secondary N) is 1. The zero-order valence-corrected chi connectivity index (χ0v) is 10.9. The van der Waals surface area contributed by atoms with Crippen molar-refractivity contribution in [1.29, 1.82) is 0 Å². The standard InChI is InChI=1S/C11H12BrF2NO3/c12-8-3-7(11(16)17)4-9(5-8)15-1-2-18-6-10(13)14/h3-5,10,15H,1-2,6H2,(H,16,17). The van der Waals surface area contributed by atoms with Gasteiger partial charge < -0.3 is 15.2 Å². The molecule has 1 aromatic rings. The maximum atomic E-state index is 11.8. The van der Waals surface area contributed by atoms with Crippen LogP contribution in [0.25, 0.3) is 0 Å². The van der Waals surface area contributed by atoms with E-state index in [1.807, 2.05) is 0 Å². The summed E-state index contributed by atoms with van der Waals surface area (Å²) in [4.78, 5) is 10.8. The maximum absolute atomic E-state index is 11.8. The molecule has 0 aliphatic carbocycles. The van der Waals surface area contributed by atoms with E-state index in [0.29, 0.717) is 16.7 Å². The van der Waals surface area contributed by atoms with Crippen LogP contribution >= 0.6 is 15.9 Å². The number of hydrogen-bond acceptors (Lipinski definition) is 3. The van der Waals surface area contributed by atoms with E-state index in [2.05, 4.69) is 26.0 Å². The Morgan fingerprint density at radius 2 is 2.17 bits per heavy atom. The van der Waals surface area contributed by atoms with Crippen LogP contribution in [0.1, 0.15) is 10.4 Å². The monoisotopic (exact) mass is 323 g/mol. The van der Waals surface area contributed by atoms with Crippen LogP contribution < -0.4 is 5.32 Å². The zero-order chi connectivity index (χ0) is 13.5. The smallest absolute Gasteiger partial charge is 0.335 e. The molecule has 1 rings (SSSR count). The van der Waals surface area contributed by atoms with E-state index in [0.717, 1.165) is 0 Å². The predicted molar refractivity (Wildman–Crippen MR) is 66.4 cm³/mol. The van der Waals surface area contributed by atoms with E-state index >= 15 is 0 Å². The van der Waals surface area contributed by atoms with Gasteiger partial charge >= 0.3 is 5.97 Å². The van der Waals surface area contributed by atoms with Crippen molar-refractivity contribution < 1.29 is 23.4 Å². The van der Waals surface area contributed by atoms with Crippen molar-refractivity contribution in [3.63, 3.8) is 0 Å². The zero-order valence-electron chi connectivity index (χ0n) is 9.33. The van der Waals surface area contributed by atoms with Gasteiger partial charge in [-0.15, -0.1) is 0 Å². The first-order chi connectivity index (χ1) is 8.49. The number of ether oxygens (including phenoxy) is 1. The molecule has 0 saturated carbocycles. The molecule has 0 amide bonds. The van der Waals surface area contributed by atoms with E-state index in [4.69, 9.17) is 5.11 Å². The molecule has 7 heteroatoms. The van der Waals surface area contributed by atoms with Crippen molar-refractivity contribution in [1.82, 2.24) is 0 Å². The molecule has 2 N–H and O–H groups in total. The molecule has 0 saturated heterocycles. The highest BCUT2D eigenvalue weighted by Crippen LogP contribution is 2.19. The van der Waals surface area contributed by atoms with Crippen molar-refractivity contribution in [2.45, 2.75) is 6.43 Å². The van der Waals surface area contributed by atoms with Gasteiger partial charge in [-0.25, -0.2) is 13.6 Å². The lowest BCUT2D eigenvalue weighted by molar-refractivity contribution is 0.0215. The minimum Gasteiger partial charge on any atom is -0.478 e. The van der Waals surface area contributed by atoms with Gasteiger partial charge in [0.1, 0.15) is 6.61 Å². The number of rotatable bonds is 7. The molecule has 1 aromatic carbocycles. The summed E-state index contributed by atoms with van der Waals surface area (Å²) in [7, 11) is 0. The lowest BCUT2D eigenvalue weighted by Gasteiger charge is -2.08. The highest BCUT2D eigenvalue weighted by atomic mass is 79.9. The van der Waals surface area contributed by atoms with Gasteiger partial charge in [0, 0.05) is 16.7 Å².